The molecule has 1 amide bonds. The first kappa shape index (κ1) is 18.3. The van der Waals surface area contributed by atoms with Crippen molar-refractivity contribution in [3.63, 3.8) is 0 Å². The van der Waals surface area contributed by atoms with E-state index in [0.29, 0.717) is 30.0 Å². The third-order valence-electron chi connectivity index (χ3n) is 3.90. The lowest BCUT2D eigenvalue weighted by atomic mass is 10.1. The van der Waals surface area contributed by atoms with Gasteiger partial charge >= 0.3 is 0 Å². The molecule has 0 fully saturated rings. The van der Waals surface area contributed by atoms with Gasteiger partial charge in [-0.2, -0.15) is 0 Å². The average Bonchev–Trinajstić information content (AvgIpc) is 2.70. The van der Waals surface area contributed by atoms with E-state index in [1.807, 2.05) is 24.3 Å². The number of carbonyl (C=O) groups excluding carboxylic acids is 1. The van der Waals surface area contributed by atoms with Crippen molar-refractivity contribution in [1.82, 2.24) is 15.3 Å². The van der Waals surface area contributed by atoms with Crippen molar-refractivity contribution in [1.29, 1.82) is 0 Å². The Morgan fingerprint density at radius 1 is 1.07 bits per heavy atom. The van der Waals surface area contributed by atoms with Gasteiger partial charge in [-0.05, 0) is 42.3 Å². The first-order chi connectivity index (χ1) is 13.2. The van der Waals surface area contributed by atoms with Crippen LogP contribution in [0.1, 0.15) is 15.9 Å². The van der Waals surface area contributed by atoms with Gasteiger partial charge in [0.05, 0.1) is 12.7 Å². The van der Waals surface area contributed by atoms with E-state index in [1.54, 1.807) is 25.3 Å². The Labute approximate surface area is 156 Å². The van der Waals surface area contributed by atoms with Crippen molar-refractivity contribution in [2.75, 3.05) is 19.0 Å². The van der Waals surface area contributed by atoms with Gasteiger partial charge in [-0.25, -0.2) is 14.4 Å². The molecule has 0 spiro atoms. The van der Waals surface area contributed by atoms with Gasteiger partial charge < -0.3 is 15.4 Å². The Kier molecular flexibility index (Phi) is 5.94. The van der Waals surface area contributed by atoms with Crippen LogP contribution in [0.2, 0.25) is 0 Å². The normalized spacial score (nSPS) is 10.3. The molecule has 0 aliphatic carbocycles. The molecule has 138 valence electrons. The molecule has 2 aromatic carbocycles. The molecular weight excluding hydrogens is 347 g/mol. The van der Waals surface area contributed by atoms with Crippen LogP contribution in [-0.4, -0.2) is 29.5 Å². The van der Waals surface area contributed by atoms with Crippen LogP contribution in [0.4, 0.5) is 16.0 Å². The van der Waals surface area contributed by atoms with E-state index in [9.17, 15) is 9.18 Å². The van der Waals surface area contributed by atoms with Crippen LogP contribution in [0.5, 0.6) is 5.75 Å². The molecule has 2 N–H and O–H groups in total. The van der Waals surface area contributed by atoms with Crippen molar-refractivity contribution in [2.45, 2.75) is 6.42 Å². The first-order valence-corrected chi connectivity index (χ1v) is 8.40. The van der Waals surface area contributed by atoms with Crippen molar-refractivity contribution in [2.24, 2.45) is 0 Å². The zero-order chi connectivity index (χ0) is 19.1. The molecule has 0 atom stereocenters. The highest BCUT2D eigenvalue weighted by molar-refractivity contribution is 5.93. The molecule has 7 heteroatoms. The predicted octanol–water partition coefficient (Wildman–Crippen LogP) is 3.34. The van der Waals surface area contributed by atoms with Crippen LogP contribution in [0.15, 0.2) is 60.9 Å². The van der Waals surface area contributed by atoms with Gasteiger partial charge in [-0.3, -0.25) is 4.79 Å². The van der Waals surface area contributed by atoms with Gasteiger partial charge in [-0.1, -0.05) is 18.2 Å². The summed E-state index contributed by atoms with van der Waals surface area (Å²) in [6.45, 7) is 0.325. The molecule has 27 heavy (non-hydrogen) atoms. The monoisotopic (exact) mass is 366 g/mol. The van der Waals surface area contributed by atoms with Gasteiger partial charge in [0.15, 0.2) is 0 Å². The highest BCUT2D eigenvalue weighted by Crippen LogP contribution is 2.17. The van der Waals surface area contributed by atoms with Crippen LogP contribution < -0.4 is 15.4 Å². The number of benzene rings is 2. The van der Waals surface area contributed by atoms with Crippen LogP contribution >= 0.6 is 0 Å². The number of carbonyl (C=O) groups is 1. The smallest absolute Gasteiger partial charge is 0.254 e. The fraction of sp³-hybridized carbons (Fsp3) is 0.150. The average molecular weight is 366 g/mol. The molecule has 3 rings (SSSR count). The second kappa shape index (κ2) is 8.75. The minimum atomic E-state index is -0.303. The Morgan fingerprint density at radius 3 is 2.44 bits per heavy atom. The lowest BCUT2D eigenvalue weighted by Crippen LogP contribution is -2.26. The highest BCUT2D eigenvalue weighted by atomic mass is 19.1. The van der Waals surface area contributed by atoms with E-state index in [2.05, 4.69) is 20.6 Å². The van der Waals surface area contributed by atoms with E-state index >= 15 is 0 Å². The minimum Gasteiger partial charge on any atom is -0.497 e. The van der Waals surface area contributed by atoms with Crippen LogP contribution in [0.25, 0.3) is 0 Å². The zero-order valence-corrected chi connectivity index (χ0v) is 14.8. The van der Waals surface area contributed by atoms with Crippen molar-refractivity contribution in [3.8, 4) is 5.75 Å². The lowest BCUT2D eigenvalue weighted by molar-refractivity contribution is 0.0953. The molecule has 0 unspecified atom stereocenters. The molecule has 0 aliphatic heterocycles. The Morgan fingerprint density at radius 2 is 1.78 bits per heavy atom. The number of nitrogens with zero attached hydrogens (tertiary/aromatic N) is 2. The fourth-order valence-corrected chi connectivity index (χ4v) is 2.43. The maximum atomic E-state index is 13.6. The van der Waals surface area contributed by atoms with E-state index in [0.717, 1.165) is 11.4 Å². The summed E-state index contributed by atoms with van der Waals surface area (Å²) in [6, 6.07) is 13.8. The van der Waals surface area contributed by atoms with Gasteiger partial charge in [0.2, 0.25) is 5.95 Å². The molecule has 0 saturated heterocycles. The molecule has 0 radical (unpaired) electrons. The van der Waals surface area contributed by atoms with Crippen molar-refractivity contribution in [3.05, 3.63) is 77.9 Å². The quantitative estimate of drug-likeness (QED) is 0.671. The molecule has 6 nitrogen and oxygen atoms in total. The molecular formula is C20H19FN4O2. The predicted molar refractivity (Wildman–Crippen MR) is 101 cm³/mol. The number of ether oxygens (including phenoxy) is 1. The molecule has 1 heterocycles. The molecule has 3 aromatic rings. The number of methoxy groups -OCH3 is 1. The number of rotatable bonds is 7. The molecule has 0 aliphatic rings. The number of amides is 1. The summed E-state index contributed by atoms with van der Waals surface area (Å²) < 4.78 is 18.7. The second-order valence-corrected chi connectivity index (χ2v) is 5.75. The third kappa shape index (κ3) is 5.01. The number of hydrogen-bond donors (Lipinski definition) is 2. The summed E-state index contributed by atoms with van der Waals surface area (Å²) in [7, 11) is 1.60. The fourth-order valence-electron chi connectivity index (χ4n) is 2.43. The molecule has 0 saturated carbocycles. The summed E-state index contributed by atoms with van der Waals surface area (Å²) in [5.74, 6) is 0.554. The summed E-state index contributed by atoms with van der Waals surface area (Å²) >= 11 is 0. The standard InChI is InChI=1S/C20H19FN4O2/c1-27-17-8-6-16(7-9-17)25-20-23-12-15(13-24-20)19(26)22-11-10-14-4-2-3-5-18(14)21/h2-9,12-13H,10-11H2,1H3,(H,22,26)(H,23,24,25). The summed E-state index contributed by atoms with van der Waals surface area (Å²) in [5.41, 5.74) is 1.70. The number of aromatic nitrogens is 2. The topological polar surface area (TPSA) is 76.1 Å². The van der Waals surface area contributed by atoms with E-state index in [4.69, 9.17) is 4.74 Å². The molecule has 0 bridgehead atoms. The lowest BCUT2D eigenvalue weighted by Gasteiger charge is -2.08. The third-order valence-corrected chi connectivity index (χ3v) is 3.90. The van der Waals surface area contributed by atoms with Crippen molar-refractivity contribution < 1.29 is 13.9 Å². The maximum Gasteiger partial charge on any atom is 0.254 e. The Hall–Kier alpha value is -3.48. The summed E-state index contributed by atoms with van der Waals surface area (Å²) in [6.07, 6.45) is 3.30. The van der Waals surface area contributed by atoms with Gasteiger partial charge in [0.25, 0.3) is 5.91 Å². The van der Waals surface area contributed by atoms with Crippen LogP contribution in [-0.2, 0) is 6.42 Å². The van der Waals surface area contributed by atoms with Crippen LogP contribution in [0, 0.1) is 5.82 Å². The number of anilines is 2. The van der Waals surface area contributed by atoms with E-state index in [-0.39, 0.29) is 11.7 Å². The summed E-state index contributed by atoms with van der Waals surface area (Å²) in [5, 5.41) is 5.78. The maximum absolute atomic E-state index is 13.6. The Bertz CT molecular complexity index is 899. The zero-order valence-electron chi connectivity index (χ0n) is 14.8. The van der Waals surface area contributed by atoms with Gasteiger partial charge in [-0.15, -0.1) is 0 Å². The Balaban J connectivity index is 1.53. The number of nitrogens with one attached hydrogen (secondary N) is 2. The number of halogens is 1. The number of hydrogen-bond acceptors (Lipinski definition) is 5. The van der Waals surface area contributed by atoms with E-state index in [1.165, 1.54) is 18.5 Å². The van der Waals surface area contributed by atoms with Gasteiger partial charge in [0, 0.05) is 24.6 Å². The van der Waals surface area contributed by atoms with Crippen LogP contribution in [0.3, 0.4) is 0 Å². The van der Waals surface area contributed by atoms with Crippen molar-refractivity contribution >= 4 is 17.5 Å². The van der Waals surface area contributed by atoms with E-state index < -0.39 is 0 Å². The van der Waals surface area contributed by atoms with Gasteiger partial charge in [0.1, 0.15) is 11.6 Å². The molecule has 1 aromatic heterocycles. The highest BCUT2D eigenvalue weighted by Gasteiger charge is 2.08. The largest absolute Gasteiger partial charge is 0.497 e. The minimum absolute atomic E-state index is 0.274. The summed E-state index contributed by atoms with van der Waals surface area (Å²) in [4.78, 5) is 20.4. The second-order valence-electron chi connectivity index (χ2n) is 5.75. The SMILES string of the molecule is COc1ccc(Nc2ncc(C(=O)NCCc3ccccc3F)cn2)cc1. The first-order valence-electron chi connectivity index (χ1n) is 8.40.